The first-order valence-electron chi connectivity index (χ1n) is 8.44. The predicted molar refractivity (Wildman–Crippen MR) is 105 cm³/mol. The second kappa shape index (κ2) is 8.25. The summed E-state index contributed by atoms with van der Waals surface area (Å²) in [6.07, 6.45) is 0. The van der Waals surface area contributed by atoms with Crippen LogP contribution in [0.15, 0.2) is 42.5 Å². The first-order valence-corrected chi connectivity index (χ1v) is 9.20. The van der Waals surface area contributed by atoms with Gasteiger partial charge in [-0.25, -0.2) is 4.39 Å². The summed E-state index contributed by atoms with van der Waals surface area (Å²) in [7, 11) is 0. The summed E-state index contributed by atoms with van der Waals surface area (Å²) >= 11 is 12.0. The number of hydrogen-bond acceptors (Lipinski definition) is 3. The Morgan fingerprint density at radius 2 is 1.85 bits per heavy atom. The molecule has 1 N–H and O–H groups in total. The van der Waals surface area contributed by atoms with Crippen molar-refractivity contribution in [3.63, 3.8) is 0 Å². The maximum atomic E-state index is 13.1. The van der Waals surface area contributed by atoms with E-state index in [1.54, 1.807) is 0 Å². The molecule has 0 aliphatic carbocycles. The molecule has 0 spiro atoms. The molecule has 0 bridgehead atoms. The number of nitrogens with one attached hydrogen (secondary N) is 1. The van der Waals surface area contributed by atoms with Gasteiger partial charge in [-0.05, 0) is 43.3 Å². The molecule has 1 fully saturated rings. The topological polar surface area (TPSA) is 35.6 Å². The van der Waals surface area contributed by atoms with Gasteiger partial charge in [0.15, 0.2) is 0 Å². The summed E-state index contributed by atoms with van der Waals surface area (Å²) in [5, 5.41) is 3.68. The number of benzene rings is 2. The molecule has 1 aliphatic heterocycles. The lowest BCUT2D eigenvalue weighted by Gasteiger charge is -2.38. The molecule has 0 aromatic heterocycles. The summed E-state index contributed by atoms with van der Waals surface area (Å²) in [5.74, 6) is -0.590. The molecule has 3 rings (SSSR count). The highest BCUT2D eigenvalue weighted by Crippen LogP contribution is 2.24. The first kappa shape index (κ1) is 19.0. The number of nitrogens with zero attached hydrogens (tertiary/aromatic N) is 2. The average molecular weight is 396 g/mol. The van der Waals surface area contributed by atoms with Crippen LogP contribution in [0.2, 0.25) is 10.0 Å². The van der Waals surface area contributed by atoms with Crippen molar-refractivity contribution in [1.82, 2.24) is 4.90 Å². The Morgan fingerprint density at radius 1 is 1.12 bits per heavy atom. The molecule has 1 heterocycles. The lowest BCUT2D eigenvalue weighted by molar-refractivity contribution is -0.120. The van der Waals surface area contributed by atoms with Crippen LogP contribution in [-0.4, -0.2) is 43.0 Å². The van der Waals surface area contributed by atoms with Crippen LogP contribution in [0.5, 0.6) is 0 Å². The van der Waals surface area contributed by atoms with Crippen molar-refractivity contribution in [3.8, 4) is 0 Å². The number of carbonyl (C=O) groups excluding carboxylic acids is 1. The third kappa shape index (κ3) is 4.47. The van der Waals surface area contributed by atoms with E-state index in [1.165, 1.54) is 18.2 Å². The smallest absolute Gasteiger partial charge is 0.241 e. The van der Waals surface area contributed by atoms with Gasteiger partial charge in [0.05, 0.1) is 16.8 Å². The van der Waals surface area contributed by atoms with Gasteiger partial charge in [-0.3, -0.25) is 9.69 Å². The van der Waals surface area contributed by atoms with E-state index < -0.39 is 5.82 Å². The van der Waals surface area contributed by atoms with Crippen molar-refractivity contribution in [2.45, 2.75) is 13.0 Å². The minimum absolute atomic E-state index is 0.158. The monoisotopic (exact) mass is 395 g/mol. The second-order valence-corrected chi connectivity index (χ2v) is 7.14. The van der Waals surface area contributed by atoms with Crippen molar-refractivity contribution < 1.29 is 9.18 Å². The minimum atomic E-state index is -0.432. The Bertz CT molecular complexity index is 794. The molecule has 138 valence electrons. The highest BCUT2D eigenvalue weighted by atomic mass is 35.5. The molecule has 1 amide bonds. The van der Waals surface area contributed by atoms with E-state index in [0.29, 0.717) is 10.7 Å². The Hall–Kier alpha value is -1.82. The predicted octanol–water partition coefficient (Wildman–Crippen LogP) is 4.28. The van der Waals surface area contributed by atoms with Gasteiger partial charge in [-0.1, -0.05) is 29.3 Å². The van der Waals surface area contributed by atoms with Crippen LogP contribution in [0.1, 0.15) is 6.92 Å². The first-order chi connectivity index (χ1) is 12.4. The van der Waals surface area contributed by atoms with Crippen molar-refractivity contribution in [1.29, 1.82) is 0 Å². The lowest BCUT2D eigenvalue weighted by atomic mass is 10.2. The van der Waals surface area contributed by atoms with Crippen LogP contribution in [0.3, 0.4) is 0 Å². The minimum Gasteiger partial charge on any atom is -0.369 e. The van der Waals surface area contributed by atoms with Crippen molar-refractivity contribution in [3.05, 3.63) is 58.3 Å². The number of hydrogen-bond donors (Lipinski definition) is 1. The average Bonchev–Trinajstić information content (AvgIpc) is 2.63. The van der Waals surface area contributed by atoms with Crippen LogP contribution in [0.25, 0.3) is 0 Å². The van der Waals surface area contributed by atoms with Gasteiger partial charge in [0.1, 0.15) is 5.82 Å². The summed E-state index contributed by atoms with van der Waals surface area (Å²) in [4.78, 5) is 16.9. The Labute approximate surface area is 162 Å². The second-order valence-electron chi connectivity index (χ2n) is 6.29. The number of anilines is 2. The normalized spacial score (nSPS) is 16.4. The number of piperazine rings is 1. The number of amides is 1. The molecule has 4 nitrogen and oxygen atoms in total. The Balaban J connectivity index is 1.57. The van der Waals surface area contributed by atoms with Crippen LogP contribution in [0, 0.1) is 5.82 Å². The van der Waals surface area contributed by atoms with Crippen LogP contribution < -0.4 is 10.2 Å². The van der Waals surface area contributed by atoms with E-state index in [4.69, 9.17) is 23.2 Å². The maximum Gasteiger partial charge on any atom is 0.241 e. The summed E-state index contributed by atoms with van der Waals surface area (Å²) in [6.45, 7) is 5.02. The fourth-order valence-corrected chi connectivity index (χ4v) is 3.43. The molecular weight excluding hydrogens is 376 g/mol. The van der Waals surface area contributed by atoms with Gasteiger partial charge in [-0.15, -0.1) is 0 Å². The fourth-order valence-electron chi connectivity index (χ4n) is 3.03. The zero-order chi connectivity index (χ0) is 18.7. The van der Waals surface area contributed by atoms with E-state index in [1.807, 2.05) is 31.2 Å². The van der Waals surface area contributed by atoms with Gasteiger partial charge in [0.25, 0.3) is 0 Å². The fraction of sp³-hybridized carbons (Fsp3) is 0.316. The van der Waals surface area contributed by atoms with Gasteiger partial charge in [0.2, 0.25) is 5.91 Å². The van der Waals surface area contributed by atoms with Crippen molar-refractivity contribution in [2.75, 3.05) is 36.4 Å². The molecule has 0 saturated carbocycles. The largest absolute Gasteiger partial charge is 0.369 e. The van der Waals surface area contributed by atoms with Gasteiger partial charge < -0.3 is 10.2 Å². The molecule has 0 radical (unpaired) electrons. The quantitative estimate of drug-likeness (QED) is 0.838. The van der Waals surface area contributed by atoms with Crippen molar-refractivity contribution in [2.24, 2.45) is 0 Å². The molecule has 1 aliphatic rings. The zero-order valence-corrected chi connectivity index (χ0v) is 15.9. The number of halogens is 3. The van der Waals surface area contributed by atoms with E-state index in [2.05, 4.69) is 15.1 Å². The van der Waals surface area contributed by atoms with Crippen LogP contribution in [-0.2, 0) is 4.79 Å². The molecule has 1 saturated heterocycles. The van der Waals surface area contributed by atoms with E-state index in [-0.39, 0.29) is 17.0 Å². The molecule has 2 aromatic rings. The lowest BCUT2D eigenvalue weighted by Crippen LogP contribution is -2.52. The highest BCUT2D eigenvalue weighted by molar-refractivity contribution is 6.33. The maximum absolute atomic E-state index is 13.1. The van der Waals surface area contributed by atoms with Gasteiger partial charge in [0, 0.05) is 36.9 Å². The third-order valence-corrected chi connectivity index (χ3v) is 5.15. The number of rotatable bonds is 4. The molecule has 7 heteroatoms. The van der Waals surface area contributed by atoms with Crippen molar-refractivity contribution >= 4 is 40.5 Å². The van der Waals surface area contributed by atoms with Gasteiger partial charge >= 0.3 is 0 Å². The summed E-state index contributed by atoms with van der Waals surface area (Å²) in [6, 6.07) is 11.4. The molecule has 26 heavy (non-hydrogen) atoms. The van der Waals surface area contributed by atoms with Crippen LogP contribution >= 0.6 is 23.2 Å². The summed E-state index contributed by atoms with van der Waals surface area (Å²) < 4.78 is 13.1. The molecular formula is C19H20Cl2FN3O. The highest BCUT2D eigenvalue weighted by Gasteiger charge is 2.26. The molecule has 1 unspecified atom stereocenters. The number of carbonyl (C=O) groups is 1. The zero-order valence-electron chi connectivity index (χ0n) is 14.4. The SMILES string of the molecule is CC(C(=O)Nc1ccc(F)cc1Cl)N1CCN(c2cccc(Cl)c2)CC1. The Kier molecular flexibility index (Phi) is 6.01. The van der Waals surface area contributed by atoms with Crippen LogP contribution in [0.4, 0.5) is 15.8 Å². The van der Waals surface area contributed by atoms with E-state index in [0.717, 1.165) is 31.9 Å². The molecule has 2 aromatic carbocycles. The van der Waals surface area contributed by atoms with E-state index in [9.17, 15) is 9.18 Å². The molecule has 1 atom stereocenters. The summed E-state index contributed by atoms with van der Waals surface area (Å²) in [5.41, 5.74) is 1.51. The van der Waals surface area contributed by atoms with E-state index >= 15 is 0 Å². The van der Waals surface area contributed by atoms with Gasteiger partial charge in [-0.2, -0.15) is 0 Å². The standard InChI is InChI=1S/C19H20Cl2FN3O/c1-13(19(26)23-18-6-5-15(22)12-17(18)21)24-7-9-25(10-8-24)16-4-2-3-14(20)11-16/h2-6,11-13H,7-10H2,1H3,(H,23,26). The third-order valence-electron chi connectivity index (χ3n) is 4.60. The Morgan fingerprint density at radius 3 is 2.50 bits per heavy atom.